The molecule has 110 valence electrons. The van der Waals surface area contributed by atoms with Crippen molar-refractivity contribution in [1.29, 1.82) is 0 Å². The molecule has 1 aromatic carbocycles. The van der Waals surface area contributed by atoms with Crippen molar-refractivity contribution in [2.75, 3.05) is 20.2 Å². The van der Waals surface area contributed by atoms with Gasteiger partial charge in [-0.05, 0) is 31.0 Å². The van der Waals surface area contributed by atoms with E-state index in [2.05, 4.69) is 0 Å². The van der Waals surface area contributed by atoms with Crippen LogP contribution in [0.25, 0.3) is 0 Å². The van der Waals surface area contributed by atoms with Crippen molar-refractivity contribution in [3.05, 3.63) is 29.3 Å². The molecule has 0 unspecified atom stereocenters. The summed E-state index contributed by atoms with van der Waals surface area (Å²) in [6.07, 6.45) is 3.58. The summed E-state index contributed by atoms with van der Waals surface area (Å²) in [5.41, 5.74) is -0.722. The highest BCUT2D eigenvalue weighted by Gasteiger charge is 2.33. The largest absolute Gasteiger partial charge is 0.484 e. The Hall–Kier alpha value is -1.26. The molecular formula is C15H20ClNO3. The second-order valence-electron chi connectivity index (χ2n) is 5.43. The minimum absolute atomic E-state index is 0.0487. The van der Waals surface area contributed by atoms with Gasteiger partial charge in [0.05, 0.1) is 5.60 Å². The van der Waals surface area contributed by atoms with E-state index in [1.165, 1.54) is 4.90 Å². The lowest BCUT2D eigenvalue weighted by molar-refractivity contribution is -0.135. The van der Waals surface area contributed by atoms with Gasteiger partial charge in [-0.2, -0.15) is 0 Å². The number of amides is 1. The molecule has 0 aliphatic heterocycles. The molecule has 0 aromatic heterocycles. The number of carbonyl (C=O) groups excluding carboxylic acids is 1. The summed E-state index contributed by atoms with van der Waals surface area (Å²) in [5.74, 6) is 0.420. The Morgan fingerprint density at radius 3 is 2.80 bits per heavy atom. The molecule has 1 saturated carbocycles. The fraction of sp³-hybridized carbons (Fsp3) is 0.533. The van der Waals surface area contributed by atoms with E-state index in [0.717, 1.165) is 25.7 Å². The third kappa shape index (κ3) is 4.12. The van der Waals surface area contributed by atoms with Gasteiger partial charge in [0, 0.05) is 18.6 Å². The van der Waals surface area contributed by atoms with Crippen LogP contribution < -0.4 is 4.74 Å². The van der Waals surface area contributed by atoms with Crippen LogP contribution >= 0.6 is 11.6 Å². The summed E-state index contributed by atoms with van der Waals surface area (Å²) in [6.45, 7) is 0.317. The molecule has 0 spiro atoms. The Morgan fingerprint density at radius 2 is 2.15 bits per heavy atom. The summed E-state index contributed by atoms with van der Waals surface area (Å²) < 4.78 is 5.41. The van der Waals surface area contributed by atoms with Crippen LogP contribution in [0.1, 0.15) is 25.7 Å². The Labute approximate surface area is 124 Å². The van der Waals surface area contributed by atoms with Crippen molar-refractivity contribution in [2.45, 2.75) is 31.3 Å². The number of hydrogen-bond donors (Lipinski definition) is 1. The average molecular weight is 298 g/mol. The lowest BCUT2D eigenvalue weighted by Gasteiger charge is -2.28. The molecule has 0 saturated heterocycles. The zero-order valence-electron chi connectivity index (χ0n) is 11.6. The fourth-order valence-corrected chi connectivity index (χ4v) is 2.71. The summed E-state index contributed by atoms with van der Waals surface area (Å²) in [5, 5.41) is 10.9. The Bertz CT molecular complexity index is 472. The van der Waals surface area contributed by atoms with Gasteiger partial charge in [-0.1, -0.05) is 30.5 Å². The van der Waals surface area contributed by atoms with Crippen molar-refractivity contribution in [2.24, 2.45) is 0 Å². The smallest absolute Gasteiger partial charge is 0.260 e. The topological polar surface area (TPSA) is 49.8 Å². The molecule has 0 atom stereocenters. The maximum absolute atomic E-state index is 12.0. The first kappa shape index (κ1) is 15.1. The normalized spacial score (nSPS) is 16.9. The molecule has 1 fully saturated rings. The molecule has 0 heterocycles. The van der Waals surface area contributed by atoms with Gasteiger partial charge in [-0.3, -0.25) is 4.79 Å². The molecule has 0 bridgehead atoms. The SMILES string of the molecule is CN(CC1(O)CCCC1)C(=O)COc1cccc(Cl)c1. The molecule has 0 radical (unpaired) electrons. The number of carbonyl (C=O) groups is 1. The molecule has 4 nitrogen and oxygen atoms in total. The molecule has 20 heavy (non-hydrogen) atoms. The van der Waals surface area contributed by atoms with Crippen molar-refractivity contribution < 1.29 is 14.6 Å². The molecule has 1 aliphatic carbocycles. The monoisotopic (exact) mass is 297 g/mol. The van der Waals surface area contributed by atoms with E-state index in [9.17, 15) is 9.90 Å². The highest BCUT2D eigenvalue weighted by atomic mass is 35.5. The van der Waals surface area contributed by atoms with Crippen molar-refractivity contribution in [1.82, 2.24) is 4.90 Å². The van der Waals surface area contributed by atoms with Crippen molar-refractivity contribution >= 4 is 17.5 Å². The summed E-state index contributed by atoms with van der Waals surface area (Å²) in [4.78, 5) is 13.5. The minimum atomic E-state index is -0.722. The summed E-state index contributed by atoms with van der Waals surface area (Å²) in [7, 11) is 1.69. The maximum atomic E-state index is 12.0. The van der Waals surface area contributed by atoms with Gasteiger partial charge in [0.1, 0.15) is 5.75 Å². The third-order valence-electron chi connectivity index (χ3n) is 3.65. The number of nitrogens with zero attached hydrogens (tertiary/aromatic N) is 1. The van der Waals surface area contributed by atoms with Gasteiger partial charge in [0.2, 0.25) is 0 Å². The van der Waals surface area contributed by atoms with E-state index < -0.39 is 5.60 Å². The predicted molar refractivity (Wildman–Crippen MR) is 78.0 cm³/mol. The van der Waals surface area contributed by atoms with E-state index in [0.29, 0.717) is 17.3 Å². The Balaban J connectivity index is 1.82. The van der Waals surface area contributed by atoms with E-state index in [1.54, 1.807) is 31.3 Å². The number of hydrogen-bond acceptors (Lipinski definition) is 3. The number of rotatable bonds is 5. The highest BCUT2D eigenvalue weighted by Crippen LogP contribution is 2.29. The van der Waals surface area contributed by atoms with Gasteiger partial charge in [0.15, 0.2) is 6.61 Å². The quantitative estimate of drug-likeness (QED) is 0.908. The van der Waals surface area contributed by atoms with Crippen LogP contribution in [0.2, 0.25) is 5.02 Å². The van der Waals surface area contributed by atoms with Crippen LogP contribution in [-0.4, -0.2) is 41.7 Å². The Morgan fingerprint density at radius 1 is 1.45 bits per heavy atom. The molecule has 5 heteroatoms. The minimum Gasteiger partial charge on any atom is -0.484 e. The average Bonchev–Trinajstić information content (AvgIpc) is 2.82. The van der Waals surface area contributed by atoms with E-state index in [1.807, 2.05) is 0 Å². The lowest BCUT2D eigenvalue weighted by Crippen LogP contribution is -2.43. The zero-order chi connectivity index (χ0) is 14.6. The molecule has 1 aromatic rings. The van der Waals surface area contributed by atoms with Gasteiger partial charge in [0.25, 0.3) is 5.91 Å². The van der Waals surface area contributed by atoms with Gasteiger partial charge in [-0.15, -0.1) is 0 Å². The number of halogens is 1. The first-order valence-electron chi connectivity index (χ1n) is 6.83. The van der Waals surface area contributed by atoms with Crippen LogP contribution in [0.15, 0.2) is 24.3 Å². The molecule has 1 amide bonds. The fourth-order valence-electron chi connectivity index (χ4n) is 2.53. The first-order chi connectivity index (χ1) is 9.48. The number of benzene rings is 1. The second kappa shape index (κ2) is 6.46. The predicted octanol–water partition coefficient (Wildman–Crippen LogP) is 2.48. The van der Waals surface area contributed by atoms with Crippen LogP contribution in [0.3, 0.4) is 0 Å². The molecule has 1 N–H and O–H groups in total. The third-order valence-corrected chi connectivity index (χ3v) is 3.88. The van der Waals surface area contributed by atoms with Crippen LogP contribution in [0.5, 0.6) is 5.75 Å². The number of ether oxygens (including phenoxy) is 1. The van der Waals surface area contributed by atoms with E-state index >= 15 is 0 Å². The van der Waals surface area contributed by atoms with Crippen LogP contribution in [0, 0.1) is 0 Å². The second-order valence-corrected chi connectivity index (χ2v) is 5.86. The van der Waals surface area contributed by atoms with Gasteiger partial charge < -0.3 is 14.7 Å². The first-order valence-corrected chi connectivity index (χ1v) is 7.21. The molecule has 1 aliphatic rings. The van der Waals surface area contributed by atoms with Crippen molar-refractivity contribution in [3.63, 3.8) is 0 Å². The summed E-state index contributed by atoms with van der Waals surface area (Å²) >= 11 is 5.85. The summed E-state index contributed by atoms with van der Waals surface area (Å²) in [6, 6.07) is 6.94. The van der Waals surface area contributed by atoms with E-state index in [4.69, 9.17) is 16.3 Å². The van der Waals surface area contributed by atoms with Crippen LogP contribution in [0.4, 0.5) is 0 Å². The zero-order valence-corrected chi connectivity index (χ0v) is 12.4. The molecule has 2 rings (SSSR count). The van der Waals surface area contributed by atoms with Crippen LogP contribution in [-0.2, 0) is 4.79 Å². The van der Waals surface area contributed by atoms with Gasteiger partial charge in [-0.25, -0.2) is 0 Å². The molecular weight excluding hydrogens is 278 g/mol. The lowest BCUT2D eigenvalue weighted by atomic mass is 10.0. The maximum Gasteiger partial charge on any atom is 0.260 e. The Kier molecular flexibility index (Phi) is 4.89. The van der Waals surface area contributed by atoms with Crippen molar-refractivity contribution in [3.8, 4) is 5.75 Å². The number of aliphatic hydroxyl groups is 1. The number of likely N-dealkylation sites (N-methyl/N-ethyl adjacent to an activating group) is 1. The van der Waals surface area contributed by atoms with Gasteiger partial charge >= 0.3 is 0 Å². The standard InChI is InChI=1S/C15H20ClNO3/c1-17(11-15(19)7-2-3-8-15)14(18)10-20-13-6-4-5-12(16)9-13/h4-6,9,19H,2-3,7-8,10-11H2,1H3. The van der Waals surface area contributed by atoms with E-state index in [-0.39, 0.29) is 12.5 Å². The highest BCUT2D eigenvalue weighted by molar-refractivity contribution is 6.30.